The molecule has 0 radical (unpaired) electrons. The van der Waals surface area contributed by atoms with E-state index in [4.69, 9.17) is 9.47 Å². The van der Waals surface area contributed by atoms with Crippen molar-refractivity contribution < 1.29 is 18.7 Å². The van der Waals surface area contributed by atoms with Gasteiger partial charge in [0.05, 0.1) is 37.6 Å². The Morgan fingerprint density at radius 3 is 2.55 bits per heavy atom. The summed E-state index contributed by atoms with van der Waals surface area (Å²) in [4.78, 5) is 20.4. The van der Waals surface area contributed by atoms with Crippen molar-refractivity contribution in [2.75, 3.05) is 19.5 Å². The maximum atomic E-state index is 14.6. The van der Waals surface area contributed by atoms with Gasteiger partial charge in [-0.15, -0.1) is 5.10 Å². The number of methoxy groups -OCH3 is 1. The second-order valence-corrected chi connectivity index (χ2v) is 6.78. The first-order valence-corrected chi connectivity index (χ1v) is 9.84. The highest BCUT2D eigenvalue weighted by Gasteiger charge is 2.15. The van der Waals surface area contributed by atoms with Crippen LogP contribution in [-0.2, 0) is 6.61 Å². The van der Waals surface area contributed by atoms with E-state index >= 15 is 0 Å². The van der Waals surface area contributed by atoms with Crippen molar-refractivity contribution in [3.63, 3.8) is 0 Å². The van der Waals surface area contributed by atoms with Crippen molar-refractivity contribution in [1.82, 2.24) is 30.3 Å². The molecule has 0 fully saturated rings. The average molecular weight is 449 g/mol. The molecule has 0 unspecified atom stereocenters. The molecule has 0 aliphatic rings. The molecule has 10 nitrogen and oxygen atoms in total. The van der Waals surface area contributed by atoms with Gasteiger partial charge in [-0.3, -0.25) is 4.79 Å². The van der Waals surface area contributed by atoms with Gasteiger partial charge in [0.15, 0.2) is 17.3 Å². The van der Waals surface area contributed by atoms with Crippen molar-refractivity contribution in [3.8, 4) is 17.2 Å². The summed E-state index contributed by atoms with van der Waals surface area (Å²) in [5, 5.41) is 13.3. The number of amides is 1. The minimum atomic E-state index is -0.598. The molecule has 0 saturated heterocycles. The largest absolute Gasteiger partial charge is 0.494 e. The molecule has 33 heavy (non-hydrogen) atoms. The molecule has 4 rings (SSSR count). The van der Waals surface area contributed by atoms with E-state index in [1.807, 2.05) is 24.3 Å². The van der Waals surface area contributed by atoms with Crippen molar-refractivity contribution in [2.45, 2.75) is 6.61 Å². The summed E-state index contributed by atoms with van der Waals surface area (Å²) in [5.74, 6) is -0.294. The van der Waals surface area contributed by atoms with Crippen LogP contribution in [0.3, 0.4) is 0 Å². The summed E-state index contributed by atoms with van der Waals surface area (Å²) in [6.07, 6.45) is 6.29. The maximum absolute atomic E-state index is 14.6. The van der Waals surface area contributed by atoms with Gasteiger partial charge in [0.2, 0.25) is 5.95 Å². The van der Waals surface area contributed by atoms with E-state index < -0.39 is 5.82 Å². The van der Waals surface area contributed by atoms with Gasteiger partial charge in [-0.1, -0.05) is 5.21 Å². The van der Waals surface area contributed by atoms with E-state index in [0.717, 1.165) is 11.4 Å². The first-order valence-electron chi connectivity index (χ1n) is 9.84. The number of hydrogen-bond donors (Lipinski definition) is 2. The van der Waals surface area contributed by atoms with Crippen LogP contribution in [0.1, 0.15) is 15.9 Å². The second kappa shape index (κ2) is 9.73. The smallest absolute Gasteiger partial charge is 0.251 e. The first-order chi connectivity index (χ1) is 16.1. The van der Waals surface area contributed by atoms with Crippen LogP contribution in [0.2, 0.25) is 0 Å². The van der Waals surface area contributed by atoms with Crippen LogP contribution in [0.5, 0.6) is 11.5 Å². The molecule has 168 valence electrons. The molecule has 2 aromatic heterocycles. The van der Waals surface area contributed by atoms with Gasteiger partial charge in [-0.2, -0.15) is 0 Å². The van der Waals surface area contributed by atoms with E-state index in [0.29, 0.717) is 11.7 Å². The number of benzene rings is 2. The lowest BCUT2D eigenvalue weighted by molar-refractivity contribution is 0.0962. The van der Waals surface area contributed by atoms with Gasteiger partial charge in [0.1, 0.15) is 6.61 Å². The van der Waals surface area contributed by atoms with Gasteiger partial charge < -0.3 is 20.1 Å². The number of nitrogens with zero attached hydrogens (tertiary/aromatic N) is 5. The first kappa shape index (κ1) is 21.7. The Morgan fingerprint density at radius 1 is 1.15 bits per heavy atom. The van der Waals surface area contributed by atoms with Gasteiger partial charge >= 0.3 is 0 Å². The average Bonchev–Trinajstić information content (AvgIpc) is 3.39. The SMILES string of the molecule is CNC(=O)c1cc(COc2cnc(Nc3ccc(-n4ccnn4)cc3)nc2)c(F)c(OC)c1. The van der Waals surface area contributed by atoms with Crippen LogP contribution in [0.25, 0.3) is 5.69 Å². The highest BCUT2D eigenvalue weighted by atomic mass is 19.1. The standard InChI is InChI=1S/C22H20FN7O3/c1-24-21(31)14-9-15(20(23)19(10-14)32-2)13-33-18-11-25-22(26-12-18)28-16-3-5-17(6-4-16)30-8-7-27-29-30/h3-12H,13H2,1-2H3,(H,24,31)(H,25,26,28). The molecule has 2 aromatic carbocycles. The molecule has 1 amide bonds. The summed E-state index contributed by atoms with van der Waals surface area (Å²) < 4.78 is 26.8. The zero-order valence-electron chi connectivity index (χ0n) is 17.8. The molecule has 0 bridgehead atoms. The van der Waals surface area contributed by atoms with Crippen molar-refractivity contribution in [2.24, 2.45) is 0 Å². The van der Waals surface area contributed by atoms with Gasteiger partial charge in [0.25, 0.3) is 5.91 Å². The van der Waals surface area contributed by atoms with Crippen molar-refractivity contribution in [3.05, 3.63) is 78.1 Å². The number of carbonyl (C=O) groups is 1. The van der Waals surface area contributed by atoms with Crippen LogP contribution in [0.15, 0.2) is 61.2 Å². The molecule has 0 saturated carbocycles. The minimum Gasteiger partial charge on any atom is -0.494 e. The molecule has 11 heteroatoms. The Morgan fingerprint density at radius 2 is 1.91 bits per heavy atom. The van der Waals surface area contributed by atoms with Crippen LogP contribution in [0.4, 0.5) is 16.0 Å². The number of hydrogen-bond acceptors (Lipinski definition) is 8. The summed E-state index contributed by atoms with van der Waals surface area (Å²) in [6, 6.07) is 10.2. The molecule has 0 aliphatic carbocycles. The number of carbonyl (C=O) groups excluding carboxylic acids is 1. The van der Waals surface area contributed by atoms with E-state index in [9.17, 15) is 9.18 Å². The van der Waals surface area contributed by atoms with Crippen LogP contribution in [-0.4, -0.2) is 45.0 Å². The highest BCUT2D eigenvalue weighted by molar-refractivity contribution is 5.94. The van der Waals surface area contributed by atoms with Crippen molar-refractivity contribution in [1.29, 1.82) is 0 Å². The fraction of sp³-hybridized carbons (Fsp3) is 0.136. The number of ether oxygens (including phenoxy) is 2. The van der Waals surface area contributed by atoms with E-state index in [1.54, 1.807) is 17.1 Å². The van der Waals surface area contributed by atoms with Gasteiger partial charge in [0, 0.05) is 23.9 Å². The Bertz CT molecular complexity index is 1230. The van der Waals surface area contributed by atoms with Crippen LogP contribution < -0.4 is 20.1 Å². The molecule has 0 atom stereocenters. The summed E-state index contributed by atoms with van der Waals surface area (Å²) in [6.45, 7) is -0.132. The predicted octanol–water partition coefficient (Wildman–Crippen LogP) is 2.89. The Hall–Kier alpha value is -4.54. The lowest BCUT2D eigenvalue weighted by Gasteiger charge is -2.12. The third-order valence-corrected chi connectivity index (χ3v) is 4.66. The maximum Gasteiger partial charge on any atom is 0.251 e. The molecule has 2 heterocycles. The fourth-order valence-corrected chi connectivity index (χ4v) is 2.97. The lowest BCUT2D eigenvalue weighted by atomic mass is 10.1. The van der Waals surface area contributed by atoms with Gasteiger partial charge in [-0.25, -0.2) is 19.0 Å². The minimum absolute atomic E-state index is 0.0414. The Labute approximate surface area is 188 Å². The second-order valence-electron chi connectivity index (χ2n) is 6.78. The molecule has 4 aromatic rings. The summed E-state index contributed by atoms with van der Waals surface area (Å²) in [5.41, 5.74) is 2.09. The Balaban J connectivity index is 1.40. The zero-order valence-corrected chi connectivity index (χ0v) is 17.8. The summed E-state index contributed by atoms with van der Waals surface area (Å²) in [7, 11) is 2.82. The van der Waals surface area contributed by atoms with Crippen LogP contribution in [0, 0.1) is 5.82 Å². The van der Waals surface area contributed by atoms with E-state index in [2.05, 4.69) is 30.9 Å². The topological polar surface area (TPSA) is 116 Å². The number of aromatic nitrogens is 5. The molecule has 2 N–H and O–H groups in total. The van der Waals surface area contributed by atoms with E-state index in [1.165, 1.54) is 38.7 Å². The highest BCUT2D eigenvalue weighted by Crippen LogP contribution is 2.25. The lowest BCUT2D eigenvalue weighted by Crippen LogP contribution is -2.18. The third kappa shape index (κ3) is 5.03. The number of nitrogens with one attached hydrogen (secondary N) is 2. The normalized spacial score (nSPS) is 10.5. The zero-order chi connectivity index (χ0) is 23.2. The number of rotatable bonds is 8. The third-order valence-electron chi connectivity index (χ3n) is 4.66. The number of halogens is 1. The van der Waals surface area contributed by atoms with Crippen molar-refractivity contribution >= 4 is 17.5 Å². The number of anilines is 2. The monoisotopic (exact) mass is 449 g/mol. The Kier molecular flexibility index (Phi) is 6.39. The predicted molar refractivity (Wildman–Crippen MR) is 117 cm³/mol. The molecule has 0 spiro atoms. The molecular weight excluding hydrogens is 429 g/mol. The quantitative estimate of drug-likeness (QED) is 0.422. The van der Waals surface area contributed by atoms with Crippen LogP contribution >= 0.6 is 0 Å². The summed E-state index contributed by atoms with van der Waals surface area (Å²) >= 11 is 0. The van der Waals surface area contributed by atoms with Gasteiger partial charge in [-0.05, 0) is 36.4 Å². The fourth-order valence-electron chi connectivity index (χ4n) is 2.97. The van der Waals surface area contributed by atoms with E-state index in [-0.39, 0.29) is 29.4 Å². The molecular formula is C22H20FN7O3. The molecule has 0 aliphatic heterocycles.